The van der Waals surface area contributed by atoms with Crippen LogP contribution < -0.4 is 9.47 Å². The van der Waals surface area contributed by atoms with Crippen LogP contribution in [-0.2, 0) is 0 Å². The summed E-state index contributed by atoms with van der Waals surface area (Å²) in [5.41, 5.74) is 0.293. The van der Waals surface area contributed by atoms with Crippen LogP contribution in [0.25, 0.3) is 0 Å². The highest BCUT2D eigenvalue weighted by atomic mass is 79.9. The Morgan fingerprint density at radius 3 is 2.76 bits per heavy atom. The molecule has 1 fully saturated rings. The second-order valence-electron chi connectivity index (χ2n) is 5.18. The van der Waals surface area contributed by atoms with Crippen molar-refractivity contribution in [3.8, 4) is 5.75 Å². The highest BCUT2D eigenvalue weighted by molar-refractivity contribution is 9.10. The molecule has 0 bridgehead atoms. The van der Waals surface area contributed by atoms with Crippen LogP contribution in [0.4, 0.5) is 0 Å². The fraction of sp³-hybridized carbons (Fsp3) is 0.615. The van der Waals surface area contributed by atoms with Gasteiger partial charge in [0, 0.05) is 11.5 Å². The van der Waals surface area contributed by atoms with Crippen LogP contribution in [0.3, 0.4) is 0 Å². The minimum atomic E-state index is 0.293. The molecule has 0 aliphatic heterocycles. The predicted octanol–water partition coefficient (Wildman–Crippen LogP) is 3.43. The molecule has 1 heterocycles. The monoisotopic (exact) mass is 299 g/mol. The largest absolute Gasteiger partial charge is 0.619 e. The van der Waals surface area contributed by atoms with E-state index in [1.165, 1.54) is 44.5 Å². The van der Waals surface area contributed by atoms with E-state index < -0.39 is 0 Å². The van der Waals surface area contributed by atoms with Gasteiger partial charge in [-0.2, -0.15) is 4.73 Å². The number of hydrogen-bond acceptors (Lipinski definition) is 2. The average molecular weight is 300 g/mol. The molecule has 0 spiro atoms. The summed E-state index contributed by atoms with van der Waals surface area (Å²) in [4.78, 5) is 0. The summed E-state index contributed by atoms with van der Waals surface area (Å²) in [7, 11) is 0. The fourth-order valence-corrected chi connectivity index (χ4v) is 2.81. The van der Waals surface area contributed by atoms with Crippen molar-refractivity contribution in [3.63, 3.8) is 0 Å². The zero-order valence-electron chi connectivity index (χ0n) is 10.1. The molecule has 17 heavy (non-hydrogen) atoms. The molecule has 0 amide bonds. The number of rotatable bonds is 3. The lowest BCUT2D eigenvalue weighted by Crippen LogP contribution is -2.28. The molecule has 1 aromatic rings. The van der Waals surface area contributed by atoms with Crippen LogP contribution in [0, 0.1) is 10.6 Å². The van der Waals surface area contributed by atoms with Gasteiger partial charge in [0.1, 0.15) is 10.2 Å². The Kier molecular flexibility index (Phi) is 3.92. The number of ether oxygens (including phenoxy) is 1. The van der Waals surface area contributed by atoms with Crippen LogP contribution in [0.5, 0.6) is 5.75 Å². The fourth-order valence-electron chi connectivity index (χ4n) is 2.36. The van der Waals surface area contributed by atoms with Gasteiger partial charge in [-0.1, -0.05) is 26.2 Å². The Labute approximate surface area is 111 Å². The summed E-state index contributed by atoms with van der Waals surface area (Å²) in [5.74, 6) is 0.754. The zero-order chi connectivity index (χ0) is 12.3. The summed E-state index contributed by atoms with van der Waals surface area (Å²) >= 11 is 3.34. The third-order valence-electron chi connectivity index (χ3n) is 3.49. The molecule has 4 heteroatoms. The van der Waals surface area contributed by atoms with Gasteiger partial charge in [-0.3, -0.25) is 0 Å². The van der Waals surface area contributed by atoms with Gasteiger partial charge in [-0.15, -0.1) is 0 Å². The molecule has 0 unspecified atom stereocenters. The van der Waals surface area contributed by atoms with E-state index in [1.54, 1.807) is 6.07 Å². The second-order valence-corrected chi connectivity index (χ2v) is 6.03. The first-order chi connectivity index (χ1) is 8.09. The second kappa shape index (κ2) is 5.25. The van der Waals surface area contributed by atoms with Crippen molar-refractivity contribution in [3.05, 3.63) is 28.1 Å². The van der Waals surface area contributed by atoms with Gasteiger partial charge in [0.25, 0.3) is 0 Å². The molecule has 0 radical (unpaired) electrons. The third kappa shape index (κ3) is 3.35. The van der Waals surface area contributed by atoms with E-state index in [-0.39, 0.29) is 0 Å². The lowest BCUT2D eigenvalue weighted by atomic mass is 9.76. The molecule has 94 valence electrons. The molecule has 0 atom stereocenters. The minimum absolute atomic E-state index is 0.293. The van der Waals surface area contributed by atoms with Crippen LogP contribution in [-0.4, -0.2) is 6.61 Å². The van der Waals surface area contributed by atoms with Gasteiger partial charge in [0.15, 0.2) is 12.4 Å². The van der Waals surface area contributed by atoms with Crippen molar-refractivity contribution in [2.75, 3.05) is 6.61 Å². The topological polar surface area (TPSA) is 36.2 Å². The number of hydrogen-bond donors (Lipinski definition) is 0. The molecular formula is C13H18BrNO2. The van der Waals surface area contributed by atoms with E-state index in [4.69, 9.17) is 4.74 Å². The summed E-state index contributed by atoms with van der Waals surface area (Å²) < 4.78 is 7.32. The van der Waals surface area contributed by atoms with E-state index >= 15 is 0 Å². The van der Waals surface area contributed by atoms with Crippen molar-refractivity contribution in [2.45, 2.75) is 39.0 Å². The van der Waals surface area contributed by atoms with E-state index in [0.29, 0.717) is 5.41 Å². The Bertz CT molecular complexity index is 389. The third-order valence-corrected chi connectivity index (χ3v) is 4.08. The van der Waals surface area contributed by atoms with Crippen LogP contribution >= 0.6 is 15.9 Å². The van der Waals surface area contributed by atoms with Crippen LogP contribution in [0.15, 0.2) is 22.9 Å². The average Bonchev–Trinajstić information content (AvgIpc) is 2.29. The lowest BCUT2D eigenvalue weighted by molar-refractivity contribution is -0.606. The molecular weight excluding hydrogens is 282 g/mol. The maximum absolute atomic E-state index is 11.0. The zero-order valence-corrected chi connectivity index (χ0v) is 11.7. The van der Waals surface area contributed by atoms with Gasteiger partial charge in [-0.25, -0.2) is 0 Å². The Balaban J connectivity index is 1.97. The molecule has 1 saturated carbocycles. The first-order valence-corrected chi connectivity index (χ1v) is 6.90. The summed E-state index contributed by atoms with van der Waals surface area (Å²) in [6, 6.07) is 1.71. The molecule has 2 rings (SSSR count). The molecule has 1 aliphatic rings. The van der Waals surface area contributed by atoms with E-state index in [0.717, 1.165) is 21.6 Å². The summed E-state index contributed by atoms with van der Waals surface area (Å²) in [6.45, 7) is 3.02. The Hall–Kier alpha value is -0.770. The number of nitrogens with zero attached hydrogens (tertiary/aromatic N) is 1. The smallest absolute Gasteiger partial charge is 0.198 e. The molecule has 0 N–H and O–H groups in total. The predicted molar refractivity (Wildman–Crippen MR) is 69.8 cm³/mol. The highest BCUT2D eigenvalue weighted by Crippen LogP contribution is 2.36. The quantitative estimate of drug-likeness (QED) is 0.633. The Morgan fingerprint density at radius 2 is 2.12 bits per heavy atom. The van der Waals surface area contributed by atoms with Crippen molar-refractivity contribution in [1.82, 2.24) is 0 Å². The van der Waals surface area contributed by atoms with Gasteiger partial charge >= 0.3 is 0 Å². The van der Waals surface area contributed by atoms with Crippen molar-refractivity contribution >= 4 is 15.9 Å². The normalized spacial score (nSPS) is 18.9. The summed E-state index contributed by atoms with van der Waals surface area (Å²) in [5, 5.41) is 11.0. The van der Waals surface area contributed by atoms with Gasteiger partial charge in [-0.05, 0) is 28.8 Å². The number of halogens is 1. The van der Waals surface area contributed by atoms with Crippen molar-refractivity contribution in [1.29, 1.82) is 0 Å². The SMILES string of the molecule is CC1(COc2cc[n+]([O-])cc2Br)CCCCC1. The molecule has 0 aromatic carbocycles. The molecule has 0 saturated heterocycles. The van der Waals surface area contributed by atoms with Crippen LogP contribution in [0.1, 0.15) is 39.0 Å². The first kappa shape index (κ1) is 12.7. The van der Waals surface area contributed by atoms with Gasteiger partial charge < -0.3 is 9.94 Å². The number of pyridine rings is 1. The van der Waals surface area contributed by atoms with Crippen molar-refractivity contribution in [2.24, 2.45) is 5.41 Å². The molecule has 1 aliphatic carbocycles. The van der Waals surface area contributed by atoms with Gasteiger partial charge in [0.05, 0.1) is 6.61 Å². The maximum atomic E-state index is 11.0. The standard InChI is InChI=1S/C13H18BrNO2/c1-13(6-3-2-4-7-13)10-17-12-5-8-15(16)9-11(12)14/h5,8-9H,2-4,6-7,10H2,1H3. The molecule has 3 nitrogen and oxygen atoms in total. The van der Waals surface area contributed by atoms with E-state index in [2.05, 4.69) is 22.9 Å². The van der Waals surface area contributed by atoms with E-state index in [9.17, 15) is 5.21 Å². The van der Waals surface area contributed by atoms with Crippen molar-refractivity contribution < 1.29 is 9.47 Å². The number of aromatic nitrogens is 1. The minimum Gasteiger partial charge on any atom is -0.619 e. The van der Waals surface area contributed by atoms with E-state index in [1.807, 2.05) is 0 Å². The maximum Gasteiger partial charge on any atom is 0.198 e. The summed E-state index contributed by atoms with van der Waals surface area (Å²) in [6.07, 6.45) is 9.35. The molecule has 1 aromatic heterocycles. The highest BCUT2D eigenvalue weighted by Gasteiger charge is 2.27. The van der Waals surface area contributed by atoms with Crippen LogP contribution in [0.2, 0.25) is 0 Å². The Morgan fingerprint density at radius 1 is 1.41 bits per heavy atom. The van der Waals surface area contributed by atoms with Gasteiger partial charge in [0.2, 0.25) is 0 Å². The first-order valence-electron chi connectivity index (χ1n) is 6.10. The lowest BCUT2D eigenvalue weighted by Gasteiger charge is -2.33.